The van der Waals surface area contributed by atoms with Crippen molar-refractivity contribution < 1.29 is 14.7 Å². The van der Waals surface area contributed by atoms with Crippen LogP contribution in [0.2, 0.25) is 0 Å². The molecule has 1 aliphatic heterocycles. The smallest absolute Gasteiger partial charge is 0.307 e. The van der Waals surface area contributed by atoms with Gasteiger partial charge < -0.3 is 5.11 Å². The summed E-state index contributed by atoms with van der Waals surface area (Å²) in [6.07, 6.45) is 3.30. The van der Waals surface area contributed by atoms with Gasteiger partial charge in [0.25, 0.3) is 0 Å². The standard InChI is InChI=1S/C13H24N2O3/c1-8-6-5-7-9(2)15(8)14-12(16)10(3)11(4)13(17)18/h8-11H,5-7H2,1-4H3,(H,14,16)(H,17,18). The summed E-state index contributed by atoms with van der Waals surface area (Å²) in [5.74, 6) is -2.33. The van der Waals surface area contributed by atoms with Crippen molar-refractivity contribution in [1.82, 2.24) is 10.4 Å². The third-order valence-corrected chi connectivity index (χ3v) is 3.99. The molecule has 1 fully saturated rings. The molecule has 104 valence electrons. The minimum Gasteiger partial charge on any atom is -0.481 e. The molecule has 0 aromatic rings. The van der Waals surface area contributed by atoms with Crippen LogP contribution in [0, 0.1) is 11.8 Å². The van der Waals surface area contributed by atoms with E-state index in [2.05, 4.69) is 19.3 Å². The van der Waals surface area contributed by atoms with Gasteiger partial charge in [0.05, 0.1) is 5.92 Å². The Hall–Kier alpha value is -1.10. The Balaban J connectivity index is 2.60. The van der Waals surface area contributed by atoms with Gasteiger partial charge in [-0.3, -0.25) is 15.0 Å². The molecule has 0 spiro atoms. The van der Waals surface area contributed by atoms with Crippen LogP contribution in [0.15, 0.2) is 0 Å². The van der Waals surface area contributed by atoms with Gasteiger partial charge in [0.2, 0.25) is 5.91 Å². The average Bonchev–Trinajstić information content (AvgIpc) is 2.31. The number of amides is 1. The first-order valence-corrected chi connectivity index (χ1v) is 6.66. The number of carbonyl (C=O) groups is 2. The Kier molecular flexibility index (Phi) is 5.14. The maximum Gasteiger partial charge on any atom is 0.307 e. The van der Waals surface area contributed by atoms with E-state index >= 15 is 0 Å². The lowest BCUT2D eigenvalue weighted by Gasteiger charge is -2.39. The molecule has 0 saturated carbocycles. The first kappa shape index (κ1) is 15.0. The molecule has 5 nitrogen and oxygen atoms in total. The Morgan fingerprint density at radius 3 is 2.11 bits per heavy atom. The first-order valence-electron chi connectivity index (χ1n) is 6.66. The highest BCUT2D eigenvalue weighted by Crippen LogP contribution is 2.21. The summed E-state index contributed by atoms with van der Waals surface area (Å²) in [6.45, 7) is 7.39. The highest BCUT2D eigenvalue weighted by molar-refractivity contribution is 5.83. The second-order valence-electron chi connectivity index (χ2n) is 5.43. The maximum atomic E-state index is 12.0. The molecule has 0 aliphatic carbocycles. The van der Waals surface area contributed by atoms with Gasteiger partial charge in [0, 0.05) is 18.0 Å². The molecular weight excluding hydrogens is 232 g/mol. The zero-order valence-corrected chi connectivity index (χ0v) is 11.6. The van der Waals surface area contributed by atoms with E-state index < -0.39 is 17.8 Å². The number of piperidine rings is 1. The molecule has 18 heavy (non-hydrogen) atoms. The van der Waals surface area contributed by atoms with Crippen LogP contribution in [0.1, 0.15) is 47.0 Å². The SMILES string of the molecule is CC(C(=O)O)C(C)C(=O)NN1C(C)CCCC1C. The summed E-state index contributed by atoms with van der Waals surface area (Å²) < 4.78 is 0. The largest absolute Gasteiger partial charge is 0.481 e. The molecular formula is C13H24N2O3. The summed E-state index contributed by atoms with van der Waals surface area (Å²) in [5, 5.41) is 10.9. The summed E-state index contributed by atoms with van der Waals surface area (Å²) in [5.41, 5.74) is 2.88. The third kappa shape index (κ3) is 3.45. The van der Waals surface area contributed by atoms with Crippen molar-refractivity contribution in [3.63, 3.8) is 0 Å². The van der Waals surface area contributed by atoms with Crippen molar-refractivity contribution in [2.24, 2.45) is 11.8 Å². The molecule has 0 aromatic carbocycles. The zero-order valence-electron chi connectivity index (χ0n) is 11.6. The normalized spacial score (nSPS) is 28.4. The minimum atomic E-state index is -0.933. The van der Waals surface area contributed by atoms with E-state index in [-0.39, 0.29) is 5.91 Å². The third-order valence-electron chi connectivity index (χ3n) is 3.99. The lowest BCUT2D eigenvalue weighted by molar-refractivity contribution is -0.148. The molecule has 0 aromatic heterocycles. The van der Waals surface area contributed by atoms with Crippen molar-refractivity contribution in [3.05, 3.63) is 0 Å². The Labute approximate surface area is 109 Å². The molecule has 4 atom stereocenters. The summed E-state index contributed by atoms with van der Waals surface area (Å²) in [4.78, 5) is 22.9. The molecule has 1 heterocycles. The van der Waals surface area contributed by atoms with E-state index in [0.717, 1.165) is 12.8 Å². The minimum absolute atomic E-state index is 0.203. The molecule has 1 aliphatic rings. The van der Waals surface area contributed by atoms with Gasteiger partial charge in [-0.2, -0.15) is 0 Å². The summed E-state index contributed by atoms with van der Waals surface area (Å²) >= 11 is 0. The first-order chi connectivity index (χ1) is 8.34. The van der Waals surface area contributed by atoms with Crippen LogP contribution in [-0.4, -0.2) is 34.1 Å². The number of carboxylic acids is 1. The van der Waals surface area contributed by atoms with Crippen LogP contribution in [-0.2, 0) is 9.59 Å². The molecule has 4 unspecified atom stereocenters. The van der Waals surface area contributed by atoms with Crippen molar-refractivity contribution in [1.29, 1.82) is 0 Å². The van der Waals surface area contributed by atoms with Crippen LogP contribution in [0.3, 0.4) is 0 Å². The van der Waals surface area contributed by atoms with Gasteiger partial charge >= 0.3 is 5.97 Å². The molecule has 0 bridgehead atoms. The van der Waals surface area contributed by atoms with Gasteiger partial charge in [-0.05, 0) is 26.7 Å². The fraction of sp³-hybridized carbons (Fsp3) is 0.846. The lowest BCUT2D eigenvalue weighted by atomic mass is 9.95. The summed E-state index contributed by atoms with van der Waals surface area (Å²) in [7, 11) is 0. The monoisotopic (exact) mass is 256 g/mol. The maximum absolute atomic E-state index is 12.0. The number of carboxylic acid groups (broad SMARTS) is 1. The highest BCUT2D eigenvalue weighted by atomic mass is 16.4. The Morgan fingerprint density at radius 1 is 1.17 bits per heavy atom. The second kappa shape index (κ2) is 6.18. The molecule has 1 amide bonds. The number of hydrogen-bond donors (Lipinski definition) is 2. The van der Waals surface area contributed by atoms with Crippen molar-refractivity contribution in [3.8, 4) is 0 Å². The van der Waals surface area contributed by atoms with Gasteiger partial charge in [0.15, 0.2) is 0 Å². The predicted octanol–water partition coefficient (Wildman–Crippen LogP) is 1.64. The number of rotatable bonds is 4. The topological polar surface area (TPSA) is 69.6 Å². The number of nitrogens with zero attached hydrogens (tertiary/aromatic N) is 1. The van der Waals surface area contributed by atoms with Crippen molar-refractivity contribution in [2.75, 3.05) is 0 Å². The van der Waals surface area contributed by atoms with Gasteiger partial charge in [0.1, 0.15) is 0 Å². The van der Waals surface area contributed by atoms with E-state index in [4.69, 9.17) is 5.11 Å². The predicted molar refractivity (Wildman–Crippen MR) is 68.7 cm³/mol. The van der Waals surface area contributed by atoms with E-state index in [9.17, 15) is 9.59 Å². The summed E-state index contributed by atoms with van der Waals surface area (Å²) in [6, 6.07) is 0.620. The molecule has 1 rings (SSSR count). The number of nitrogens with one attached hydrogen (secondary N) is 1. The van der Waals surface area contributed by atoms with Crippen LogP contribution in [0.25, 0.3) is 0 Å². The van der Waals surface area contributed by atoms with Crippen molar-refractivity contribution >= 4 is 11.9 Å². The number of hydrogen-bond acceptors (Lipinski definition) is 3. The Bertz CT molecular complexity index is 309. The lowest BCUT2D eigenvalue weighted by Crippen LogP contribution is -2.55. The fourth-order valence-corrected chi connectivity index (χ4v) is 2.31. The van der Waals surface area contributed by atoms with Crippen LogP contribution in [0.4, 0.5) is 0 Å². The quantitative estimate of drug-likeness (QED) is 0.802. The van der Waals surface area contributed by atoms with E-state index in [1.54, 1.807) is 13.8 Å². The molecule has 5 heteroatoms. The highest BCUT2D eigenvalue weighted by Gasteiger charge is 2.30. The van der Waals surface area contributed by atoms with Gasteiger partial charge in [-0.15, -0.1) is 0 Å². The van der Waals surface area contributed by atoms with Gasteiger partial charge in [-0.25, -0.2) is 5.01 Å². The van der Waals surface area contributed by atoms with E-state index in [0.29, 0.717) is 12.1 Å². The number of aliphatic carboxylic acids is 1. The van der Waals surface area contributed by atoms with Gasteiger partial charge in [-0.1, -0.05) is 20.3 Å². The van der Waals surface area contributed by atoms with E-state index in [1.807, 2.05) is 5.01 Å². The second-order valence-corrected chi connectivity index (χ2v) is 5.43. The number of hydrazine groups is 1. The molecule has 1 saturated heterocycles. The van der Waals surface area contributed by atoms with Crippen LogP contribution < -0.4 is 5.43 Å². The zero-order chi connectivity index (χ0) is 13.9. The van der Waals surface area contributed by atoms with Crippen LogP contribution >= 0.6 is 0 Å². The Morgan fingerprint density at radius 2 is 1.67 bits per heavy atom. The average molecular weight is 256 g/mol. The molecule has 2 N–H and O–H groups in total. The molecule has 0 radical (unpaired) electrons. The van der Waals surface area contributed by atoms with Crippen LogP contribution in [0.5, 0.6) is 0 Å². The van der Waals surface area contributed by atoms with E-state index in [1.165, 1.54) is 6.42 Å². The van der Waals surface area contributed by atoms with Crippen molar-refractivity contribution in [2.45, 2.75) is 59.0 Å². The number of carbonyl (C=O) groups excluding carboxylic acids is 1. The fourth-order valence-electron chi connectivity index (χ4n) is 2.31.